The molecule has 1 unspecified atom stereocenters. The van der Waals surface area contributed by atoms with Crippen LogP contribution >= 0.6 is 11.6 Å². The largest absolute Gasteiger partial charge is 0.463 e. The van der Waals surface area contributed by atoms with Gasteiger partial charge >= 0.3 is 5.97 Å². The van der Waals surface area contributed by atoms with E-state index < -0.39 is 6.04 Å². The molecule has 0 aromatic heterocycles. The summed E-state index contributed by atoms with van der Waals surface area (Å²) in [6.45, 7) is 3.74. The van der Waals surface area contributed by atoms with E-state index >= 15 is 0 Å². The second kappa shape index (κ2) is 6.72. The fraction of sp³-hybridized carbons (Fsp3) is 0.429. The number of nitrogens with one attached hydrogen (secondary N) is 1. The molecule has 2 rings (SSSR count). The zero-order valence-electron chi connectivity index (χ0n) is 11.3. The summed E-state index contributed by atoms with van der Waals surface area (Å²) in [7, 11) is 0. The molecule has 20 heavy (non-hydrogen) atoms. The molecule has 1 aliphatic rings. The number of likely N-dealkylation sites (N-methyl/N-ethyl adjacent to an activating group) is 1. The number of esters is 1. The highest BCUT2D eigenvalue weighted by Crippen LogP contribution is 2.16. The molecule has 1 fully saturated rings. The van der Waals surface area contributed by atoms with E-state index in [1.54, 1.807) is 24.3 Å². The Kier molecular flexibility index (Phi) is 4.98. The van der Waals surface area contributed by atoms with E-state index in [-0.39, 0.29) is 18.3 Å². The first-order valence-corrected chi connectivity index (χ1v) is 6.94. The van der Waals surface area contributed by atoms with E-state index in [0.717, 1.165) is 0 Å². The van der Waals surface area contributed by atoms with Gasteiger partial charge < -0.3 is 10.1 Å². The summed E-state index contributed by atoms with van der Waals surface area (Å²) in [5.41, 5.74) is 0.659. The van der Waals surface area contributed by atoms with Gasteiger partial charge in [-0.1, -0.05) is 18.5 Å². The van der Waals surface area contributed by atoms with Gasteiger partial charge in [-0.3, -0.25) is 14.5 Å². The molecule has 108 valence electrons. The molecule has 0 radical (unpaired) electrons. The van der Waals surface area contributed by atoms with Crippen LogP contribution in [0.15, 0.2) is 24.3 Å². The Morgan fingerprint density at radius 2 is 2.15 bits per heavy atom. The molecule has 1 aliphatic heterocycles. The van der Waals surface area contributed by atoms with Crippen molar-refractivity contribution in [2.45, 2.75) is 19.4 Å². The molecule has 1 aromatic carbocycles. The number of carbonyl (C=O) groups is 2. The molecule has 1 saturated heterocycles. The van der Waals surface area contributed by atoms with Crippen LogP contribution < -0.4 is 5.32 Å². The van der Waals surface area contributed by atoms with Crippen LogP contribution in [-0.4, -0.2) is 42.5 Å². The summed E-state index contributed by atoms with van der Waals surface area (Å²) >= 11 is 5.78. The number of morpholine rings is 1. The maximum Gasteiger partial charge on any atom is 0.323 e. The number of benzene rings is 1. The maximum atomic E-state index is 12.0. The average Bonchev–Trinajstić information content (AvgIpc) is 2.43. The van der Waals surface area contributed by atoms with Crippen molar-refractivity contribution in [1.82, 2.24) is 4.90 Å². The van der Waals surface area contributed by atoms with Crippen LogP contribution in [0.1, 0.15) is 13.3 Å². The first-order valence-electron chi connectivity index (χ1n) is 6.56. The molecule has 1 N–H and O–H groups in total. The highest BCUT2D eigenvalue weighted by molar-refractivity contribution is 6.30. The number of anilines is 1. The first-order chi connectivity index (χ1) is 9.60. The van der Waals surface area contributed by atoms with Crippen molar-refractivity contribution in [2.24, 2.45) is 0 Å². The first kappa shape index (κ1) is 14.8. The molecule has 5 nitrogen and oxygen atoms in total. The summed E-state index contributed by atoms with van der Waals surface area (Å²) in [5, 5.41) is 3.36. The van der Waals surface area contributed by atoms with Crippen molar-refractivity contribution >= 4 is 29.2 Å². The van der Waals surface area contributed by atoms with Crippen molar-refractivity contribution in [1.29, 1.82) is 0 Å². The SMILES string of the molecule is CCN1CCOC(=O)C1CC(=O)Nc1ccc(Cl)cc1. The highest BCUT2D eigenvalue weighted by Gasteiger charge is 2.32. The average molecular weight is 297 g/mol. The predicted octanol–water partition coefficient (Wildman–Crippen LogP) is 1.92. The van der Waals surface area contributed by atoms with E-state index in [9.17, 15) is 9.59 Å². The second-order valence-electron chi connectivity index (χ2n) is 4.57. The van der Waals surface area contributed by atoms with Gasteiger partial charge in [0.15, 0.2) is 0 Å². The molecule has 1 amide bonds. The number of rotatable bonds is 4. The van der Waals surface area contributed by atoms with Gasteiger partial charge in [0.25, 0.3) is 0 Å². The molecule has 1 atom stereocenters. The zero-order chi connectivity index (χ0) is 14.5. The van der Waals surface area contributed by atoms with Gasteiger partial charge in [0.1, 0.15) is 12.6 Å². The van der Waals surface area contributed by atoms with E-state index in [4.69, 9.17) is 16.3 Å². The summed E-state index contributed by atoms with van der Waals surface area (Å²) in [6, 6.07) is 6.34. The van der Waals surface area contributed by atoms with Crippen molar-refractivity contribution < 1.29 is 14.3 Å². The van der Waals surface area contributed by atoms with Gasteiger partial charge in [-0.25, -0.2) is 0 Å². The van der Waals surface area contributed by atoms with Crippen molar-refractivity contribution in [2.75, 3.05) is 25.0 Å². The summed E-state index contributed by atoms with van der Waals surface area (Å²) in [6.07, 6.45) is 0.0926. The van der Waals surface area contributed by atoms with Gasteiger partial charge in [-0.05, 0) is 30.8 Å². The zero-order valence-corrected chi connectivity index (χ0v) is 12.0. The van der Waals surface area contributed by atoms with Gasteiger partial charge in [-0.2, -0.15) is 0 Å². The molecule has 0 spiro atoms. The monoisotopic (exact) mass is 296 g/mol. The Hall–Kier alpha value is -1.59. The second-order valence-corrected chi connectivity index (χ2v) is 5.01. The normalized spacial score (nSPS) is 19.5. The standard InChI is InChI=1S/C14H17ClN2O3/c1-2-17-7-8-20-14(19)12(17)9-13(18)16-11-5-3-10(15)4-6-11/h3-6,12H,2,7-9H2,1H3,(H,16,18). The molecule has 0 saturated carbocycles. The van der Waals surface area contributed by atoms with Gasteiger partial charge in [0.2, 0.25) is 5.91 Å². The molecular formula is C14H17ClN2O3. The molecule has 0 aliphatic carbocycles. The minimum absolute atomic E-state index is 0.0926. The minimum Gasteiger partial charge on any atom is -0.463 e. The minimum atomic E-state index is -0.499. The van der Waals surface area contributed by atoms with E-state index in [1.807, 2.05) is 11.8 Å². The van der Waals surface area contributed by atoms with Crippen LogP contribution in [0.5, 0.6) is 0 Å². The highest BCUT2D eigenvalue weighted by atomic mass is 35.5. The van der Waals surface area contributed by atoms with Gasteiger partial charge in [0.05, 0.1) is 6.42 Å². The molecule has 6 heteroatoms. The smallest absolute Gasteiger partial charge is 0.323 e. The number of ether oxygens (including phenoxy) is 1. The van der Waals surface area contributed by atoms with Crippen molar-refractivity contribution in [3.63, 3.8) is 0 Å². The van der Waals surface area contributed by atoms with Crippen molar-refractivity contribution in [3.8, 4) is 0 Å². The Morgan fingerprint density at radius 1 is 1.45 bits per heavy atom. The third kappa shape index (κ3) is 3.71. The predicted molar refractivity (Wildman–Crippen MR) is 76.7 cm³/mol. The Bertz CT molecular complexity index is 490. The maximum absolute atomic E-state index is 12.0. The van der Waals surface area contributed by atoms with E-state index in [1.165, 1.54) is 0 Å². The van der Waals surface area contributed by atoms with Gasteiger partial charge in [-0.15, -0.1) is 0 Å². The Balaban J connectivity index is 1.95. The molecule has 1 aromatic rings. The number of amides is 1. The van der Waals surface area contributed by atoms with Crippen LogP contribution in [0, 0.1) is 0 Å². The number of nitrogens with zero attached hydrogens (tertiary/aromatic N) is 1. The Labute approximate surface area is 122 Å². The molecule has 0 bridgehead atoms. The number of carbonyl (C=O) groups excluding carboxylic acids is 2. The summed E-state index contributed by atoms with van der Waals surface area (Å²) in [5.74, 6) is -0.543. The number of hydrogen-bond acceptors (Lipinski definition) is 4. The van der Waals surface area contributed by atoms with Crippen LogP contribution in [0.2, 0.25) is 5.02 Å². The van der Waals surface area contributed by atoms with Crippen LogP contribution in [0.4, 0.5) is 5.69 Å². The van der Waals surface area contributed by atoms with E-state index in [0.29, 0.717) is 30.4 Å². The fourth-order valence-electron chi connectivity index (χ4n) is 2.18. The number of hydrogen-bond donors (Lipinski definition) is 1. The lowest BCUT2D eigenvalue weighted by molar-refractivity contribution is -0.158. The Morgan fingerprint density at radius 3 is 2.80 bits per heavy atom. The summed E-state index contributed by atoms with van der Waals surface area (Å²) in [4.78, 5) is 25.7. The topological polar surface area (TPSA) is 58.6 Å². The van der Waals surface area contributed by atoms with Crippen LogP contribution in [-0.2, 0) is 14.3 Å². The van der Waals surface area contributed by atoms with Crippen LogP contribution in [0.3, 0.4) is 0 Å². The van der Waals surface area contributed by atoms with E-state index in [2.05, 4.69) is 5.32 Å². The third-order valence-corrected chi connectivity index (χ3v) is 3.50. The third-order valence-electron chi connectivity index (χ3n) is 3.25. The summed E-state index contributed by atoms with van der Waals surface area (Å²) < 4.78 is 5.01. The lowest BCUT2D eigenvalue weighted by Crippen LogP contribution is -2.50. The molecular weight excluding hydrogens is 280 g/mol. The lowest BCUT2D eigenvalue weighted by Gasteiger charge is -2.32. The lowest BCUT2D eigenvalue weighted by atomic mass is 10.1. The fourth-order valence-corrected chi connectivity index (χ4v) is 2.30. The molecule has 1 heterocycles. The number of cyclic esters (lactones) is 1. The van der Waals surface area contributed by atoms with Crippen molar-refractivity contribution in [3.05, 3.63) is 29.3 Å². The number of halogens is 1. The van der Waals surface area contributed by atoms with Gasteiger partial charge in [0, 0.05) is 17.3 Å². The quantitative estimate of drug-likeness (QED) is 0.863. The van der Waals surface area contributed by atoms with Crippen LogP contribution in [0.25, 0.3) is 0 Å².